The lowest BCUT2D eigenvalue weighted by Gasteiger charge is -2.36. The average molecular weight is 479 g/mol. The first-order valence-corrected chi connectivity index (χ1v) is 12.0. The lowest BCUT2D eigenvalue weighted by Crippen LogP contribution is -2.49. The molecule has 1 aromatic carbocycles. The molecule has 0 spiro atoms. The summed E-state index contributed by atoms with van der Waals surface area (Å²) in [5.41, 5.74) is 0.879. The SMILES string of the molecule is O=C(CO)N1CCN(c2ccc(N3C[C@H](CNC(=S)CC4CCCC4)OC3=O)cc2F)CC1. The molecule has 4 rings (SSSR count). The number of hydrogen-bond donors (Lipinski definition) is 2. The summed E-state index contributed by atoms with van der Waals surface area (Å²) in [5, 5.41) is 12.2. The third-order valence-corrected chi connectivity index (χ3v) is 7.01. The van der Waals surface area contributed by atoms with Crippen molar-refractivity contribution in [2.45, 2.75) is 38.2 Å². The number of cyclic esters (lactones) is 1. The van der Waals surface area contributed by atoms with Crippen molar-refractivity contribution in [1.82, 2.24) is 10.2 Å². The van der Waals surface area contributed by atoms with Crippen LogP contribution < -0.4 is 15.1 Å². The molecule has 180 valence electrons. The number of piperazine rings is 1. The van der Waals surface area contributed by atoms with E-state index in [1.54, 1.807) is 17.0 Å². The van der Waals surface area contributed by atoms with E-state index in [9.17, 15) is 14.0 Å². The maximum atomic E-state index is 14.9. The molecule has 1 aromatic rings. The van der Waals surface area contributed by atoms with Gasteiger partial charge in [0.1, 0.15) is 18.5 Å². The summed E-state index contributed by atoms with van der Waals surface area (Å²) in [6, 6.07) is 4.72. The number of anilines is 2. The van der Waals surface area contributed by atoms with Crippen molar-refractivity contribution in [2.24, 2.45) is 5.92 Å². The van der Waals surface area contributed by atoms with Gasteiger partial charge in [0.2, 0.25) is 5.91 Å². The molecule has 3 aliphatic rings. The van der Waals surface area contributed by atoms with Gasteiger partial charge in [0.05, 0.1) is 29.5 Å². The van der Waals surface area contributed by atoms with Crippen molar-refractivity contribution in [2.75, 3.05) is 55.7 Å². The van der Waals surface area contributed by atoms with Crippen LogP contribution in [0.1, 0.15) is 32.1 Å². The number of benzene rings is 1. The van der Waals surface area contributed by atoms with Crippen LogP contribution in [0, 0.1) is 11.7 Å². The molecule has 2 amide bonds. The van der Waals surface area contributed by atoms with Gasteiger partial charge in [0, 0.05) is 32.6 Å². The highest BCUT2D eigenvalue weighted by Gasteiger charge is 2.33. The van der Waals surface area contributed by atoms with Gasteiger partial charge >= 0.3 is 6.09 Å². The molecule has 8 nitrogen and oxygen atoms in total. The smallest absolute Gasteiger partial charge is 0.414 e. The minimum Gasteiger partial charge on any atom is -0.442 e. The molecule has 0 bridgehead atoms. The first kappa shape index (κ1) is 23.7. The fourth-order valence-electron chi connectivity index (χ4n) is 4.83. The number of nitrogens with one attached hydrogen (secondary N) is 1. The second kappa shape index (κ2) is 10.6. The number of amides is 2. The number of rotatable bonds is 7. The molecule has 2 saturated heterocycles. The fourth-order valence-corrected chi connectivity index (χ4v) is 5.15. The standard InChI is InChI=1S/C23H31FN4O4S/c24-19-12-17(5-6-20(19)26-7-9-27(10-8-26)22(30)15-29)28-14-18(32-23(28)31)13-25-21(33)11-16-3-1-2-4-16/h5-6,12,16,18,29H,1-4,7-11,13-15H2,(H,25,33)/t18-/m0/s1. The number of aliphatic hydroxyl groups excluding tert-OH is 1. The Morgan fingerprint density at radius 1 is 1.21 bits per heavy atom. The van der Waals surface area contributed by atoms with Gasteiger partial charge in [-0.3, -0.25) is 9.69 Å². The van der Waals surface area contributed by atoms with Gasteiger partial charge in [0.15, 0.2) is 0 Å². The predicted octanol–water partition coefficient (Wildman–Crippen LogP) is 2.29. The molecule has 3 fully saturated rings. The van der Waals surface area contributed by atoms with E-state index in [1.165, 1.54) is 36.6 Å². The van der Waals surface area contributed by atoms with Gasteiger partial charge in [-0.2, -0.15) is 0 Å². The van der Waals surface area contributed by atoms with Gasteiger partial charge in [-0.1, -0.05) is 37.9 Å². The van der Waals surface area contributed by atoms with Crippen molar-refractivity contribution in [3.05, 3.63) is 24.0 Å². The zero-order valence-electron chi connectivity index (χ0n) is 18.7. The van der Waals surface area contributed by atoms with E-state index in [2.05, 4.69) is 5.32 Å². The summed E-state index contributed by atoms with van der Waals surface area (Å²) in [6.45, 7) is 2.07. The molecular weight excluding hydrogens is 447 g/mol. The maximum absolute atomic E-state index is 14.9. The summed E-state index contributed by atoms with van der Waals surface area (Å²) in [7, 11) is 0. The Kier molecular flexibility index (Phi) is 7.64. The average Bonchev–Trinajstić information content (AvgIpc) is 3.46. The molecule has 0 unspecified atom stereocenters. The normalized spacial score (nSPS) is 21.5. The number of hydrogen-bond acceptors (Lipinski definition) is 6. The Hall–Kier alpha value is -2.46. The van der Waals surface area contributed by atoms with Crippen molar-refractivity contribution >= 4 is 40.6 Å². The number of thiocarbonyl (C=S) groups is 1. The quantitative estimate of drug-likeness (QED) is 0.582. The van der Waals surface area contributed by atoms with E-state index < -0.39 is 18.5 Å². The van der Waals surface area contributed by atoms with E-state index in [0.29, 0.717) is 56.6 Å². The molecule has 1 aliphatic carbocycles. The molecule has 10 heteroatoms. The van der Waals surface area contributed by atoms with Crippen molar-refractivity contribution in [3.8, 4) is 0 Å². The van der Waals surface area contributed by atoms with Crippen LogP contribution in [0.15, 0.2) is 18.2 Å². The van der Waals surface area contributed by atoms with Crippen LogP contribution in [0.25, 0.3) is 0 Å². The number of halogens is 1. The Bertz CT molecular complexity index is 887. The third-order valence-electron chi connectivity index (χ3n) is 6.70. The second-order valence-corrected chi connectivity index (χ2v) is 9.43. The number of carbonyl (C=O) groups is 2. The Labute approximate surface area is 198 Å². The van der Waals surface area contributed by atoms with E-state index in [1.807, 2.05) is 4.90 Å². The van der Waals surface area contributed by atoms with Gasteiger partial charge in [-0.15, -0.1) is 0 Å². The lowest BCUT2D eigenvalue weighted by atomic mass is 10.0. The van der Waals surface area contributed by atoms with E-state index in [-0.39, 0.29) is 12.0 Å². The van der Waals surface area contributed by atoms with Gasteiger partial charge in [-0.05, 0) is 24.1 Å². The Morgan fingerprint density at radius 2 is 1.94 bits per heavy atom. The van der Waals surface area contributed by atoms with Crippen molar-refractivity contribution in [3.63, 3.8) is 0 Å². The highest BCUT2D eigenvalue weighted by molar-refractivity contribution is 7.80. The van der Waals surface area contributed by atoms with Gasteiger partial charge in [-0.25, -0.2) is 9.18 Å². The molecule has 1 saturated carbocycles. The summed E-state index contributed by atoms with van der Waals surface area (Å²) < 4.78 is 20.4. The molecule has 2 aliphatic heterocycles. The van der Waals surface area contributed by atoms with Crippen LogP contribution >= 0.6 is 12.2 Å². The van der Waals surface area contributed by atoms with Crippen LogP contribution in [0.5, 0.6) is 0 Å². The predicted molar refractivity (Wildman–Crippen MR) is 127 cm³/mol. The van der Waals surface area contributed by atoms with Crippen LogP contribution in [0.2, 0.25) is 0 Å². The van der Waals surface area contributed by atoms with Crippen LogP contribution in [-0.4, -0.2) is 79.0 Å². The van der Waals surface area contributed by atoms with Gasteiger partial charge in [0.25, 0.3) is 0 Å². The monoisotopic (exact) mass is 478 g/mol. The van der Waals surface area contributed by atoms with Crippen LogP contribution in [0.3, 0.4) is 0 Å². The molecular formula is C23H31FN4O4S. The van der Waals surface area contributed by atoms with Gasteiger partial charge < -0.3 is 25.0 Å². The fraction of sp³-hybridized carbons (Fsp3) is 0.609. The number of carbonyl (C=O) groups excluding carboxylic acids is 2. The van der Waals surface area contributed by atoms with Crippen LogP contribution in [-0.2, 0) is 9.53 Å². The Morgan fingerprint density at radius 3 is 2.61 bits per heavy atom. The highest BCUT2D eigenvalue weighted by Crippen LogP contribution is 2.29. The van der Waals surface area contributed by atoms with Crippen molar-refractivity contribution < 1.29 is 23.8 Å². The number of nitrogens with zero attached hydrogens (tertiary/aromatic N) is 3. The topological polar surface area (TPSA) is 85.3 Å². The second-order valence-electron chi connectivity index (χ2n) is 8.94. The molecule has 2 N–H and O–H groups in total. The van der Waals surface area contributed by atoms with Crippen molar-refractivity contribution in [1.29, 1.82) is 0 Å². The lowest BCUT2D eigenvalue weighted by molar-refractivity contribution is -0.134. The van der Waals surface area contributed by atoms with E-state index in [4.69, 9.17) is 22.1 Å². The summed E-state index contributed by atoms with van der Waals surface area (Å²) in [4.78, 5) is 29.7. The third kappa shape index (κ3) is 5.73. The molecule has 0 radical (unpaired) electrons. The first-order chi connectivity index (χ1) is 15.9. The summed E-state index contributed by atoms with van der Waals surface area (Å²) >= 11 is 5.45. The largest absolute Gasteiger partial charge is 0.442 e. The molecule has 1 atom stereocenters. The maximum Gasteiger partial charge on any atom is 0.414 e. The molecule has 2 heterocycles. The Balaban J connectivity index is 1.30. The highest BCUT2D eigenvalue weighted by atomic mass is 32.1. The number of ether oxygens (including phenoxy) is 1. The zero-order valence-corrected chi connectivity index (χ0v) is 19.5. The first-order valence-electron chi connectivity index (χ1n) is 11.6. The van der Waals surface area contributed by atoms with E-state index >= 15 is 0 Å². The number of aliphatic hydroxyl groups is 1. The molecule has 33 heavy (non-hydrogen) atoms. The minimum absolute atomic E-state index is 0.318. The van der Waals surface area contributed by atoms with Crippen LogP contribution in [0.4, 0.5) is 20.6 Å². The summed E-state index contributed by atoms with van der Waals surface area (Å²) in [5.74, 6) is -0.0878. The molecule has 0 aromatic heterocycles. The minimum atomic E-state index is -0.516. The van der Waals surface area contributed by atoms with E-state index in [0.717, 1.165) is 11.4 Å². The zero-order chi connectivity index (χ0) is 23.4. The summed E-state index contributed by atoms with van der Waals surface area (Å²) in [6.07, 6.45) is 5.05.